The second kappa shape index (κ2) is 6.27. The van der Waals surface area contributed by atoms with Gasteiger partial charge in [-0.05, 0) is 37.8 Å². The lowest BCUT2D eigenvalue weighted by molar-refractivity contribution is -0.148. The maximum Gasteiger partial charge on any atom is 0.435 e. The summed E-state index contributed by atoms with van der Waals surface area (Å²) in [6, 6.07) is -0.595. The lowest BCUT2D eigenvalue weighted by atomic mass is 9.83. The first-order chi connectivity index (χ1) is 12.0. The lowest BCUT2D eigenvalue weighted by Crippen LogP contribution is -2.37. The number of rotatable bonds is 2. The zero-order valence-electron chi connectivity index (χ0n) is 13.6. The largest absolute Gasteiger partial charge is 0.450 e. The highest BCUT2D eigenvalue weighted by molar-refractivity contribution is 5.70. The summed E-state index contributed by atoms with van der Waals surface area (Å²) in [6.07, 6.45) is -9.40. The van der Waals surface area contributed by atoms with Crippen molar-refractivity contribution >= 4 is 6.09 Å². The Hall–Kier alpha value is -2.07. The van der Waals surface area contributed by atoms with Crippen molar-refractivity contribution in [1.82, 2.24) is 15.1 Å². The van der Waals surface area contributed by atoms with Gasteiger partial charge in [0.25, 0.3) is 0 Å². The van der Waals surface area contributed by atoms with Crippen molar-refractivity contribution in [2.24, 2.45) is 0 Å². The van der Waals surface area contributed by atoms with E-state index in [1.807, 2.05) is 0 Å². The van der Waals surface area contributed by atoms with Crippen LogP contribution in [0.2, 0.25) is 0 Å². The van der Waals surface area contributed by atoms with Crippen molar-refractivity contribution in [3.63, 3.8) is 0 Å². The van der Waals surface area contributed by atoms with Crippen LogP contribution in [0.5, 0.6) is 0 Å². The predicted molar refractivity (Wildman–Crippen MR) is 75.1 cm³/mol. The predicted octanol–water partition coefficient (Wildman–Crippen LogP) is 3.99. The number of alkyl halides is 6. The summed E-state index contributed by atoms with van der Waals surface area (Å²) in [6.45, 7) is 1.69. The number of hydrogen-bond acceptors (Lipinski definition) is 4. The molecule has 2 fully saturated rings. The molecule has 26 heavy (non-hydrogen) atoms. The quantitative estimate of drug-likeness (QED) is 0.725. The highest BCUT2D eigenvalue weighted by Crippen LogP contribution is 2.49. The Balaban J connectivity index is 2.02. The van der Waals surface area contributed by atoms with Crippen LogP contribution in [0.4, 0.5) is 31.1 Å². The van der Waals surface area contributed by atoms with E-state index in [-0.39, 0.29) is 19.1 Å². The van der Waals surface area contributed by atoms with E-state index in [0.717, 1.165) is 0 Å². The molecule has 0 spiro atoms. The molecule has 3 atom stereocenters. The van der Waals surface area contributed by atoms with Gasteiger partial charge in [-0.15, -0.1) is 10.2 Å². The van der Waals surface area contributed by atoms with Gasteiger partial charge in [0, 0.05) is 18.0 Å². The van der Waals surface area contributed by atoms with Crippen LogP contribution in [-0.2, 0) is 17.1 Å². The van der Waals surface area contributed by atoms with Crippen LogP contribution in [0.3, 0.4) is 0 Å². The molecule has 0 saturated carbocycles. The van der Waals surface area contributed by atoms with Crippen LogP contribution in [0.15, 0.2) is 6.07 Å². The van der Waals surface area contributed by atoms with Crippen molar-refractivity contribution in [3.8, 4) is 0 Å². The minimum atomic E-state index is -4.94. The van der Waals surface area contributed by atoms with E-state index >= 15 is 0 Å². The summed E-state index contributed by atoms with van der Waals surface area (Å²) >= 11 is 0. The molecule has 144 valence electrons. The second-order valence-corrected chi connectivity index (χ2v) is 6.28. The molecular weight excluding hydrogens is 368 g/mol. The van der Waals surface area contributed by atoms with Crippen molar-refractivity contribution in [2.45, 2.75) is 56.5 Å². The number of fused-ring (bicyclic) bond motifs is 2. The fourth-order valence-electron chi connectivity index (χ4n) is 3.85. The molecule has 3 heterocycles. The molecule has 0 unspecified atom stereocenters. The first-order valence-corrected chi connectivity index (χ1v) is 8.01. The van der Waals surface area contributed by atoms with Crippen molar-refractivity contribution < 1.29 is 35.9 Å². The highest BCUT2D eigenvalue weighted by atomic mass is 19.4. The molecule has 3 rings (SSSR count). The van der Waals surface area contributed by atoms with Gasteiger partial charge >= 0.3 is 18.4 Å². The third-order valence-corrected chi connectivity index (χ3v) is 4.80. The smallest absolute Gasteiger partial charge is 0.435 e. The normalized spacial score (nSPS) is 25.7. The van der Waals surface area contributed by atoms with Gasteiger partial charge in [-0.1, -0.05) is 0 Å². The Labute approximate surface area is 144 Å². The number of ether oxygens (including phenoxy) is 1. The monoisotopic (exact) mass is 383 g/mol. The Bertz CT molecular complexity index is 706. The molecule has 1 aromatic rings. The zero-order chi connectivity index (χ0) is 19.3. The summed E-state index contributed by atoms with van der Waals surface area (Å²) < 4.78 is 83.4. The van der Waals surface area contributed by atoms with E-state index in [0.29, 0.717) is 18.9 Å². The number of aromatic nitrogens is 2. The van der Waals surface area contributed by atoms with Crippen molar-refractivity contribution in [1.29, 1.82) is 0 Å². The third-order valence-electron chi connectivity index (χ3n) is 4.80. The number of hydrogen-bond donors (Lipinski definition) is 0. The Kier molecular flexibility index (Phi) is 4.51. The molecule has 1 aromatic heterocycles. The molecule has 2 saturated heterocycles. The van der Waals surface area contributed by atoms with Crippen LogP contribution >= 0.6 is 0 Å². The topological polar surface area (TPSA) is 55.3 Å². The molecule has 5 nitrogen and oxygen atoms in total. The molecular formula is C15H15F6N3O2. The van der Waals surface area contributed by atoms with Gasteiger partial charge in [0.15, 0.2) is 11.4 Å². The Morgan fingerprint density at radius 1 is 1.19 bits per heavy atom. The Morgan fingerprint density at radius 2 is 1.88 bits per heavy atom. The number of carbonyl (C=O) groups excluding carboxylic acids is 1. The van der Waals surface area contributed by atoms with E-state index in [4.69, 9.17) is 4.74 Å². The first kappa shape index (κ1) is 18.7. The summed E-state index contributed by atoms with van der Waals surface area (Å²) in [7, 11) is 0. The standard InChI is InChI=1S/C15H15F6N3O2/c1-2-26-13(25)24-7-3-4-10(24)8(5-7)9-6-11(14(16,17)18)22-23-12(9)15(19,20)21/h6-8,10H,2-5H2,1H3/t7-,8+,10+/m0/s1. The van der Waals surface area contributed by atoms with Crippen LogP contribution in [0.25, 0.3) is 0 Å². The Morgan fingerprint density at radius 3 is 2.46 bits per heavy atom. The maximum atomic E-state index is 13.3. The molecule has 1 amide bonds. The third kappa shape index (κ3) is 3.18. The molecule has 0 N–H and O–H groups in total. The number of carbonyl (C=O) groups is 1. The second-order valence-electron chi connectivity index (χ2n) is 6.28. The van der Waals surface area contributed by atoms with Gasteiger partial charge in [-0.25, -0.2) is 4.79 Å². The summed E-state index contributed by atoms with van der Waals surface area (Å²) in [5.74, 6) is -0.897. The van der Waals surface area contributed by atoms with Gasteiger partial charge in [0.1, 0.15) is 0 Å². The van der Waals surface area contributed by atoms with Gasteiger partial charge in [-0.3, -0.25) is 0 Å². The van der Waals surface area contributed by atoms with Gasteiger partial charge < -0.3 is 9.64 Å². The van der Waals surface area contributed by atoms with Gasteiger partial charge in [0.05, 0.1) is 6.61 Å². The molecule has 0 aromatic carbocycles. The highest BCUT2D eigenvalue weighted by Gasteiger charge is 2.52. The summed E-state index contributed by atoms with van der Waals surface area (Å²) in [5, 5.41) is 5.51. The lowest BCUT2D eigenvalue weighted by Gasteiger charge is -2.25. The van der Waals surface area contributed by atoms with E-state index < -0.39 is 47.4 Å². The molecule has 2 bridgehead atoms. The number of halogens is 6. The fourth-order valence-corrected chi connectivity index (χ4v) is 3.85. The van der Waals surface area contributed by atoms with Crippen LogP contribution < -0.4 is 0 Å². The zero-order valence-corrected chi connectivity index (χ0v) is 13.6. The van der Waals surface area contributed by atoms with E-state index in [2.05, 4.69) is 10.2 Å². The van der Waals surface area contributed by atoms with Crippen LogP contribution in [-0.4, -0.2) is 39.9 Å². The van der Waals surface area contributed by atoms with Crippen LogP contribution in [0, 0.1) is 0 Å². The van der Waals surface area contributed by atoms with Crippen molar-refractivity contribution in [3.05, 3.63) is 23.0 Å². The number of amides is 1. The molecule has 11 heteroatoms. The fraction of sp³-hybridized carbons (Fsp3) is 0.667. The number of nitrogens with zero attached hydrogens (tertiary/aromatic N) is 3. The average Bonchev–Trinajstić information content (AvgIpc) is 3.10. The molecule has 2 aliphatic heterocycles. The summed E-state index contributed by atoms with van der Waals surface area (Å²) in [4.78, 5) is 13.4. The molecule has 0 aliphatic carbocycles. The SMILES string of the molecule is CCOC(=O)N1[C@H]2CC[C@@H]1[C@@H](c1cc(C(F)(F)F)nnc1C(F)(F)F)C2. The van der Waals surface area contributed by atoms with Crippen LogP contribution in [0.1, 0.15) is 49.1 Å². The van der Waals surface area contributed by atoms with Gasteiger partial charge in [0.2, 0.25) is 0 Å². The minimum absolute atomic E-state index is 0.0995. The average molecular weight is 383 g/mol. The maximum absolute atomic E-state index is 13.3. The summed E-state index contributed by atoms with van der Waals surface area (Å²) in [5.41, 5.74) is -3.49. The van der Waals surface area contributed by atoms with E-state index in [1.54, 1.807) is 6.92 Å². The van der Waals surface area contributed by atoms with E-state index in [9.17, 15) is 31.1 Å². The van der Waals surface area contributed by atoms with Crippen molar-refractivity contribution in [2.75, 3.05) is 6.61 Å². The first-order valence-electron chi connectivity index (χ1n) is 8.01. The molecule has 2 aliphatic rings. The van der Waals surface area contributed by atoms with E-state index in [1.165, 1.54) is 4.90 Å². The molecule has 0 radical (unpaired) electrons. The minimum Gasteiger partial charge on any atom is -0.450 e. The van der Waals surface area contributed by atoms with Gasteiger partial charge in [-0.2, -0.15) is 26.3 Å².